The summed E-state index contributed by atoms with van der Waals surface area (Å²) in [6, 6.07) is 2.71. The van der Waals surface area contributed by atoms with Gasteiger partial charge in [-0.1, -0.05) is 6.07 Å². The predicted octanol–water partition coefficient (Wildman–Crippen LogP) is 1.35. The number of aliphatic hydroxyl groups is 1. The fourth-order valence-electron chi connectivity index (χ4n) is 1.12. The molecule has 15 heavy (non-hydrogen) atoms. The Kier molecular flexibility index (Phi) is 3.04. The smallest absolute Gasteiger partial charge is 0.342 e. The first-order chi connectivity index (χ1) is 6.89. The zero-order chi connectivity index (χ0) is 11.6. The Morgan fingerprint density at radius 2 is 2.00 bits per heavy atom. The van der Waals surface area contributed by atoms with Gasteiger partial charge >= 0.3 is 5.97 Å². The SMILES string of the molecule is COC(=O)C(C)(O)c1ccc(F)c(F)c1. The van der Waals surface area contributed by atoms with Crippen LogP contribution in [-0.2, 0) is 15.1 Å². The van der Waals surface area contributed by atoms with Crippen LogP contribution < -0.4 is 0 Å². The first kappa shape index (κ1) is 11.6. The van der Waals surface area contributed by atoms with E-state index in [4.69, 9.17) is 0 Å². The number of methoxy groups -OCH3 is 1. The van der Waals surface area contributed by atoms with Crippen molar-refractivity contribution in [1.82, 2.24) is 0 Å². The second-order valence-corrected chi connectivity index (χ2v) is 3.19. The molecule has 1 N–H and O–H groups in total. The molecule has 5 heteroatoms. The van der Waals surface area contributed by atoms with Crippen molar-refractivity contribution in [3.8, 4) is 0 Å². The molecule has 0 aliphatic carbocycles. The number of hydrogen-bond donors (Lipinski definition) is 1. The lowest BCUT2D eigenvalue weighted by molar-refractivity contribution is -0.161. The minimum absolute atomic E-state index is 0.0618. The van der Waals surface area contributed by atoms with Crippen LogP contribution in [-0.4, -0.2) is 18.2 Å². The Morgan fingerprint density at radius 1 is 1.40 bits per heavy atom. The third-order valence-corrected chi connectivity index (χ3v) is 2.06. The van der Waals surface area contributed by atoms with Crippen molar-refractivity contribution in [2.75, 3.05) is 7.11 Å². The van der Waals surface area contributed by atoms with Crippen molar-refractivity contribution in [1.29, 1.82) is 0 Å². The number of rotatable bonds is 2. The predicted molar refractivity (Wildman–Crippen MR) is 47.9 cm³/mol. The van der Waals surface area contributed by atoms with Gasteiger partial charge in [-0.15, -0.1) is 0 Å². The van der Waals surface area contributed by atoms with Gasteiger partial charge in [0.05, 0.1) is 7.11 Å². The second-order valence-electron chi connectivity index (χ2n) is 3.19. The van der Waals surface area contributed by atoms with E-state index in [1.165, 1.54) is 0 Å². The van der Waals surface area contributed by atoms with Crippen LogP contribution in [0.2, 0.25) is 0 Å². The molecule has 0 spiro atoms. The lowest BCUT2D eigenvalue weighted by Gasteiger charge is -2.20. The maximum Gasteiger partial charge on any atom is 0.342 e. The van der Waals surface area contributed by atoms with E-state index in [0.717, 1.165) is 32.2 Å². The van der Waals surface area contributed by atoms with Gasteiger partial charge in [0.15, 0.2) is 17.2 Å². The summed E-state index contributed by atoms with van der Waals surface area (Å²) in [5.41, 5.74) is -2.04. The number of carbonyl (C=O) groups is 1. The Balaban J connectivity index is 3.16. The van der Waals surface area contributed by atoms with Gasteiger partial charge in [0, 0.05) is 0 Å². The molecule has 3 nitrogen and oxygen atoms in total. The first-order valence-electron chi connectivity index (χ1n) is 4.16. The van der Waals surface area contributed by atoms with Gasteiger partial charge in [0.1, 0.15) is 0 Å². The highest BCUT2D eigenvalue weighted by Gasteiger charge is 2.34. The van der Waals surface area contributed by atoms with E-state index in [1.54, 1.807) is 0 Å². The highest BCUT2D eigenvalue weighted by atomic mass is 19.2. The molecule has 0 fully saturated rings. The third kappa shape index (κ3) is 2.12. The molecule has 82 valence electrons. The van der Waals surface area contributed by atoms with E-state index in [9.17, 15) is 18.7 Å². The number of benzene rings is 1. The van der Waals surface area contributed by atoms with Gasteiger partial charge in [-0.2, -0.15) is 0 Å². The monoisotopic (exact) mass is 216 g/mol. The number of ether oxygens (including phenoxy) is 1. The molecule has 0 saturated carbocycles. The molecular weight excluding hydrogens is 206 g/mol. The molecule has 1 rings (SSSR count). The molecule has 1 aromatic carbocycles. The van der Waals surface area contributed by atoms with Crippen LogP contribution in [0.1, 0.15) is 12.5 Å². The minimum Gasteiger partial charge on any atom is -0.467 e. The Labute approximate surface area is 85.3 Å². The quantitative estimate of drug-likeness (QED) is 0.759. The van der Waals surface area contributed by atoms with Gasteiger partial charge in [0.25, 0.3) is 0 Å². The maximum absolute atomic E-state index is 12.8. The zero-order valence-electron chi connectivity index (χ0n) is 8.25. The highest BCUT2D eigenvalue weighted by Crippen LogP contribution is 2.23. The van der Waals surface area contributed by atoms with Gasteiger partial charge < -0.3 is 9.84 Å². The van der Waals surface area contributed by atoms with E-state index < -0.39 is 23.2 Å². The lowest BCUT2D eigenvalue weighted by Crippen LogP contribution is -2.33. The third-order valence-electron chi connectivity index (χ3n) is 2.06. The first-order valence-corrected chi connectivity index (χ1v) is 4.16. The molecule has 0 heterocycles. The molecule has 1 atom stereocenters. The average Bonchev–Trinajstić information content (AvgIpc) is 2.20. The van der Waals surface area contributed by atoms with Gasteiger partial charge in [-0.25, -0.2) is 13.6 Å². The molecule has 0 saturated heterocycles. The minimum atomic E-state index is -1.98. The summed E-state index contributed by atoms with van der Waals surface area (Å²) in [7, 11) is 1.09. The molecule has 0 aromatic heterocycles. The number of esters is 1. The molecule has 0 bridgehead atoms. The van der Waals surface area contributed by atoms with Gasteiger partial charge in [-0.05, 0) is 24.6 Å². The van der Waals surface area contributed by atoms with Crippen LogP contribution >= 0.6 is 0 Å². The Bertz CT molecular complexity index is 388. The lowest BCUT2D eigenvalue weighted by atomic mass is 9.96. The van der Waals surface area contributed by atoms with Crippen molar-refractivity contribution in [2.24, 2.45) is 0 Å². The van der Waals surface area contributed by atoms with Crippen LogP contribution in [0.4, 0.5) is 8.78 Å². The molecule has 0 amide bonds. The van der Waals surface area contributed by atoms with Crippen LogP contribution in [0, 0.1) is 11.6 Å². The van der Waals surface area contributed by atoms with Crippen LogP contribution in [0.15, 0.2) is 18.2 Å². The topological polar surface area (TPSA) is 46.5 Å². The van der Waals surface area contributed by atoms with Crippen molar-refractivity contribution in [3.05, 3.63) is 35.4 Å². The van der Waals surface area contributed by atoms with E-state index in [0.29, 0.717) is 0 Å². The van der Waals surface area contributed by atoms with E-state index in [2.05, 4.69) is 4.74 Å². The molecule has 0 radical (unpaired) electrons. The van der Waals surface area contributed by atoms with Crippen molar-refractivity contribution < 1.29 is 23.4 Å². The largest absolute Gasteiger partial charge is 0.467 e. The van der Waals surface area contributed by atoms with Crippen LogP contribution in [0.5, 0.6) is 0 Å². The standard InChI is InChI=1S/C10H10F2O3/c1-10(14,9(13)15-2)6-3-4-7(11)8(12)5-6/h3-5,14H,1-2H3. The van der Waals surface area contributed by atoms with E-state index in [-0.39, 0.29) is 5.56 Å². The number of hydrogen-bond acceptors (Lipinski definition) is 3. The summed E-state index contributed by atoms with van der Waals surface area (Å²) >= 11 is 0. The zero-order valence-corrected chi connectivity index (χ0v) is 8.25. The van der Waals surface area contributed by atoms with Crippen LogP contribution in [0.25, 0.3) is 0 Å². The molecular formula is C10H10F2O3. The van der Waals surface area contributed by atoms with Gasteiger partial charge in [0.2, 0.25) is 0 Å². The van der Waals surface area contributed by atoms with E-state index >= 15 is 0 Å². The average molecular weight is 216 g/mol. The highest BCUT2D eigenvalue weighted by molar-refractivity contribution is 5.80. The Hall–Kier alpha value is -1.49. The fraction of sp³-hybridized carbons (Fsp3) is 0.300. The van der Waals surface area contributed by atoms with Gasteiger partial charge in [-0.3, -0.25) is 0 Å². The van der Waals surface area contributed by atoms with E-state index in [1.807, 2.05) is 0 Å². The number of halogens is 2. The summed E-state index contributed by atoms with van der Waals surface area (Å²) in [5.74, 6) is -3.11. The summed E-state index contributed by atoms with van der Waals surface area (Å²) in [5, 5.41) is 9.71. The molecule has 1 aromatic rings. The summed E-state index contributed by atoms with van der Waals surface area (Å²) in [4.78, 5) is 11.1. The molecule has 0 aliphatic heterocycles. The van der Waals surface area contributed by atoms with Crippen molar-refractivity contribution in [2.45, 2.75) is 12.5 Å². The molecule has 1 unspecified atom stereocenters. The second kappa shape index (κ2) is 3.94. The number of carbonyl (C=O) groups excluding carboxylic acids is 1. The Morgan fingerprint density at radius 3 is 2.47 bits per heavy atom. The molecule has 0 aliphatic rings. The summed E-state index contributed by atoms with van der Waals surface area (Å²) in [6.45, 7) is 1.14. The fourth-order valence-corrected chi connectivity index (χ4v) is 1.12. The van der Waals surface area contributed by atoms with Crippen LogP contribution in [0.3, 0.4) is 0 Å². The summed E-state index contributed by atoms with van der Waals surface area (Å²) in [6.07, 6.45) is 0. The van der Waals surface area contributed by atoms with Crippen molar-refractivity contribution in [3.63, 3.8) is 0 Å². The van der Waals surface area contributed by atoms with Crippen molar-refractivity contribution >= 4 is 5.97 Å². The normalized spacial score (nSPS) is 14.5. The maximum atomic E-state index is 12.8. The summed E-state index contributed by atoms with van der Waals surface area (Å²) < 4.78 is 29.8.